The van der Waals surface area contributed by atoms with Crippen LogP contribution >= 0.6 is 0 Å². The van der Waals surface area contributed by atoms with Gasteiger partial charge in [0.25, 0.3) is 0 Å². The Labute approximate surface area is 97.3 Å². The molecule has 0 radical (unpaired) electrons. The molecule has 0 saturated heterocycles. The summed E-state index contributed by atoms with van der Waals surface area (Å²) >= 11 is 0. The van der Waals surface area contributed by atoms with Crippen LogP contribution in [0.5, 0.6) is 0 Å². The van der Waals surface area contributed by atoms with Gasteiger partial charge in [0, 0.05) is 6.54 Å². The molecule has 0 heterocycles. The summed E-state index contributed by atoms with van der Waals surface area (Å²) in [6.07, 6.45) is 1.77. The number of rotatable bonds is 8. The number of carboxylic acids is 1. The van der Waals surface area contributed by atoms with Gasteiger partial charge in [-0.2, -0.15) is 0 Å². The van der Waals surface area contributed by atoms with Crippen molar-refractivity contribution in [3.05, 3.63) is 0 Å². The van der Waals surface area contributed by atoms with Crippen molar-refractivity contribution in [3.63, 3.8) is 0 Å². The molecule has 0 amide bonds. The lowest BCUT2D eigenvalue weighted by atomic mass is 9.88. The Kier molecular flexibility index (Phi) is 5.96. The molecule has 5 nitrogen and oxygen atoms in total. The molecule has 16 heavy (non-hydrogen) atoms. The lowest BCUT2D eigenvalue weighted by Gasteiger charge is -2.23. The third kappa shape index (κ3) is 4.94. The van der Waals surface area contributed by atoms with Gasteiger partial charge >= 0.3 is 5.97 Å². The second-order valence-corrected chi connectivity index (χ2v) is 6.14. The Morgan fingerprint density at radius 2 is 1.94 bits per heavy atom. The van der Waals surface area contributed by atoms with Gasteiger partial charge in [0.2, 0.25) is 10.0 Å². The van der Waals surface area contributed by atoms with Gasteiger partial charge in [0.15, 0.2) is 0 Å². The van der Waals surface area contributed by atoms with Crippen LogP contribution in [-0.4, -0.2) is 31.8 Å². The molecular weight excluding hydrogens is 230 g/mol. The average molecular weight is 251 g/mol. The van der Waals surface area contributed by atoms with Crippen LogP contribution in [0.15, 0.2) is 0 Å². The fourth-order valence-electron chi connectivity index (χ4n) is 1.03. The first-order valence-electron chi connectivity index (χ1n) is 5.48. The van der Waals surface area contributed by atoms with Gasteiger partial charge in [-0.05, 0) is 19.8 Å². The molecule has 0 aromatic rings. The number of unbranched alkanes of at least 4 members (excludes halogenated alkanes) is 1. The third-order valence-electron chi connectivity index (χ3n) is 2.75. The molecular formula is C10H21NO4S. The van der Waals surface area contributed by atoms with Crippen LogP contribution in [0.1, 0.15) is 40.0 Å². The zero-order chi connectivity index (χ0) is 12.8. The number of hydrogen-bond donors (Lipinski definition) is 2. The molecule has 0 bridgehead atoms. The van der Waals surface area contributed by atoms with Gasteiger partial charge < -0.3 is 5.11 Å². The Morgan fingerprint density at radius 3 is 2.31 bits per heavy atom. The van der Waals surface area contributed by atoms with Gasteiger partial charge in [-0.25, -0.2) is 13.1 Å². The summed E-state index contributed by atoms with van der Waals surface area (Å²) in [5.74, 6) is -0.920. The van der Waals surface area contributed by atoms with E-state index in [1.54, 1.807) is 6.92 Å². The molecule has 96 valence electrons. The maximum absolute atomic E-state index is 11.5. The molecule has 0 aromatic heterocycles. The molecule has 0 rings (SSSR count). The molecule has 0 aliphatic carbocycles. The number of hydrogen-bond acceptors (Lipinski definition) is 3. The van der Waals surface area contributed by atoms with E-state index in [4.69, 9.17) is 5.11 Å². The first-order chi connectivity index (χ1) is 7.27. The largest absolute Gasteiger partial charge is 0.481 e. The number of aliphatic carboxylic acids is 1. The normalized spacial score (nSPS) is 15.7. The van der Waals surface area contributed by atoms with Crippen molar-refractivity contribution in [2.24, 2.45) is 5.41 Å². The summed E-state index contributed by atoms with van der Waals surface area (Å²) in [5.41, 5.74) is -1.03. The number of carbonyl (C=O) groups is 1. The van der Waals surface area contributed by atoms with Gasteiger partial charge in [0.1, 0.15) is 0 Å². The minimum atomic E-state index is -3.33. The van der Waals surface area contributed by atoms with Crippen molar-refractivity contribution in [2.45, 2.75) is 40.0 Å². The lowest BCUT2D eigenvalue weighted by molar-refractivity contribution is -0.147. The zero-order valence-corrected chi connectivity index (χ0v) is 10.9. The van der Waals surface area contributed by atoms with Crippen LogP contribution in [0.3, 0.4) is 0 Å². The minimum absolute atomic E-state index is 0.0507. The molecule has 0 aromatic carbocycles. The van der Waals surface area contributed by atoms with Crippen LogP contribution in [0.25, 0.3) is 0 Å². The number of nitrogens with one attached hydrogen (secondary N) is 1. The molecule has 0 fully saturated rings. The second kappa shape index (κ2) is 6.20. The maximum Gasteiger partial charge on any atom is 0.310 e. The Bertz CT molecular complexity index is 326. The van der Waals surface area contributed by atoms with E-state index in [0.717, 1.165) is 6.42 Å². The maximum atomic E-state index is 11.5. The van der Waals surface area contributed by atoms with Crippen molar-refractivity contribution in [2.75, 3.05) is 12.3 Å². The topological polar surface area (TPSA) is 83.5 Å². The van der Waals surface area contributed by atoms with E-state index in [2.05, 4.69) is 4.72 Å². The van der Waals surface area contributed by atoms with E-state index in [1.165, 1.54) is 6.92 Å². The third-order valence-corrected chi connectivity index (χ3v) is 4.16. The molecule has 0 spiro atoms. The van der Waals surface area contributed by atoms with E-state index in [-0.39, 0.29) is 12.3 Å². The van der Waals surface area contributed by atoms with Gasteiger partial charge in [0.05, 0.1) is 11.2 Å². The summed E-state index contributed by atoms with van der Waals surface area (Å²) in [6.45, 7) is 5.12. The average Bonchev–Trinajstić information content (AvgIpc) is 2.23. The van der Waals surface area contributed by atoms with Crippen molar-refractivity contribution >= 4 is 16.0 Å². The molecule has 6 heteroatoms. The van der Waals surface area contributed by atoms with Gasteiger partial charge in [-0.15, -0.1) is 0 Å². The van der Waals surface area contributed by atoms with Crippen molar-refractivity contribution in [1.29, 1.82) is 0 Å². The Morgan fingerprint density at radius 1 is 1.38 bits per heavy atom. The molecule has 1 unspecified atom stereocenters. The van der Waals surface area contributed by atoms with E-state index < -0.39 is 21.4 Å². The highest BCUT2D eigenvalue weighted by Crippen LogP contribution is 2.20. The SMILES string of the molecule is CCCCS(=O)(=O)NCC(C)(CC)C(=O)O. The van der Waals surface area contributed by atoms with Crippen LogP contribution in [-0.2, 0) is 14.8 Å². The minimum Gasteiger partial charge on any atom is -0.481 e. The highest BCUT2D eigenvalue weighted by molar-refractivity contribution is 7.89. The van der Waals surface area contributed by atoms with Gasteiger partial charge in [-0.1, -0.05) is 20.3 Å². The Hall–Kier alpha value is -0.620. The summed E-state index contributed by atoms with van der Waals surface area (Å²) in [7, 11) is -3.33. The summed E-state index contributed by atoms with van der Waals surface area (Å²) in [6, 6.07) is 0. The monoisotopic (exact) mass is 251 g/mol. The standard InChI is InChI=1S/C10H21NO4S/c1-4-6-7-16(14,15)11-8-10(3,5-2)9(12)13/h11H,4-8H2,1-3H3,(H,12,13). The quantitative estimate of drug-likeness (QED) is 0.679. The molecule has 1 atom stereocenters. The predicted octanol–water partition coefficient (Wildman–Crippen LogP) is 1.21. The molecule has 0 aliphatic heterocycles. The van der Waals surface area contributed by atoms with Crippen molar-refractivity contribution < 1.29 is 18.3 Å². The zero-order valence-electron chi connectivity index (χ0n) is 10.1. The smallest absolute Gasteiger partial charge is 0.310 e. The summed E-state index contributed by atoms with van der Waals surface area (Å²) in [5, 5.41) is 8.97. The Balaban J connectivity index is 4.37. The number of sulfonamides is 1. The van der Waals surface area contributed by atoms with Crippen LogP contribution < -0.4 is 4.72 Å². The van der Waals surface area contributed by atoms with E-state index in [9.17, 15) is 13.2 Å². The van der Waals surface area contributed by atoms with E-state index in [0.29, 0.717) is 12.8 Å². The van der Waals surface area contributed by atoms with E-state index in [1.807, 2.05) is 6.92 Å². The molecule has 2 N–H and O–H groups in total. The second-order valence-electron chi connectivity index (χ2n) is 4.21. The van der Waals surface area contributed by atoms with Crippen LogP contribution in [0, 0.1) is 5.41 Å². The lowest BCUT2D eigenvalue weighted by Crippen LogP contribution is -2.41. The van der Waals surface area contributed by atoms with Crippen molar-refractivity contribution in [1.82, 2.24) is 4.72 Å². The fraction of sp³-hybridized carbons (Fsp3) is 0.900. The summed E-state index contributed by atoms with van der Waals surface area (Å²) in [4.78, 5) is 10.9. The predicted molar refractivity (Wildman–Crippen MR) is 62.7 cm³/mol. The first-order valence-corrected chi connectivity index (χ1v) is 7.13. The van der Waals surface area contributed by atoms with E-state index >= 15 is 0 Å². The van der Waals surface area contributed by atoms with Crippen molar-refractivity contribution in [3.8, 4) is 0 Å². The highest BCUT2D eigenvalue weighted by Gasteiger charge is 2.32. The fourth-order valence-corrected chi connectivity index (χ4v) is 2.38. The van der Waals surface area contributed by atoms with Crippen LogP contribution in [0.2, 0.25) is 0 Å². The number of carboxylic acid groups (broad SMARTS) is 1. The van der Waals surface area contributed by atoms with Gasteiger partial charge in [-0.3, -0.25) is 4.79 Å². The highest BCUT2D eigenvalue weighted by atomic mass is 32.2. The summed E-state index contributed by atoms with van der Waals surface area (Å²) < 4.78 is 25.3. The molecule has 0 saturated carbocycles. The van der Waals surface area contributed by atoms with Crippen LogP contribution in [0.4, 0.5) is 0 Å². The first kappa shape index (κ1) is 15.4. The molecule has 0 aliphatic rings.